The standard InChI is InChI=1S/C22H29NO3S/c1-16(2)13-20(17-9-5-4-6-10-17)23-27(24,25)22-15-19-12-8-7-11-18(19)14-21(22)26-3/h4-6,9-10,14-16,20,23H,7-8,11-13H2,1-3H3. The number of sulfonamides is 1. The molecule has 1 unspecified atom stereocenters. The van der Waals surface area contributed by atoms with Crippen molar-refractivity contribution in [2.45, 2.75) is 56.9 Å². The van der Waals surface area contributed by atoms with E-state index in [4.69, 9.17) is 4.74 Å². The number of benzene rings is 2. The molecular weight excluding hydrogens is 358 g/mol. The number of nitrogens with one attached hydrogen (secondary N) is 1. The number of fused-ring (bicyclic) bond motifs is 1. The molecule has 0 spiro atoms. The maximum atomic E-state index is 13.3. The molecule has 0 saturated carbocycles. The zero-order valence-corrected chi connectivity index (χ0v) is 17.2. The number of aryl methyl sites for hydroxylation is 2. The molecule has 5 heteroatoms. The smallest absolute Gasteiger partial charge is 0.244 e. The summed E-state index contributed by atoms with van der Waals surface area (Å²) in [6.45, 7) is 4.20. The summed E-state index contributed by atoms with van der Waals surface area (Å²) in [4.78, 5) is 0.246. The highest BCUT2D eigenvalue weighted by Gasteiger charge is 2.27. The number of hydrogen-bond donors (Lipinski definition) is 1. The lowest BCUT2D eigenvalue weighted by molar-refractivity contribution is 0.399. The van der Waals surface area contributed by atoms with Gasteiger partial charge in [-0.05, 0) is 66.8 Å². The van der Waals surface area contributed by atoms with E-state index in [0.717, 1.165) is 43.2 Å². The number of hydrogen-bond acceptors (Lipinski definition) is 3. The summed E-state index contributed by atoms with van der Waals surface area (Å²) in [6.07, 6.45) is 4.89. The Labute approximate surface area is 163 Å². The first-order chi connectivity index (χ1) is 12.9. The van der Waals surface area contributed by atoms with Gasteiger partial charge in [0.1, 0.15) is 10.6 Å². The second-order valence-electron chi connectivity index (χ2n) is 7.69. The zero-order valence-electron chi connectivity index (χ0n) is 16.4. The van der Waals surface area contributed by atoms with Crippen molar-refractivity contribution in [2.24, 2.45) is 5.92 Å². The fraction of sp³-hybridized carbons (Fsp3) is 0.455. The molecule has 1 aliphatic carbocycles. The lowest BCUT2D eigenvalue weighted by atomic mass is 9.92. The van der Waals surface area contributed by atoms with Gasteiger partial charge in [0, 0.05) is 6.04 Å². The summed E-state index contributed by atoms with van der Waals surface area (Å²) in [5.74, 6) is 0.794. The van der Waals surface area contributed by atoms with Crippen LogP contribution >= 0.6 is 0 Å². The molecule has 3 rings (SSSR count). The Bertz CT molecular complexity index is 876. The Hall–Kier alpha value is -1.85. The van der Waals surface area contributed by atoms with Crippen molar-refractivity contribution >= 4 is 10.0 Å². The van der Waals surface area contributed by atoms with Crippen LogP contribution in [0.5, 0.6) is 5.75 Å². The predicted molar refractivity (Wildman–Crippen MR) is 109 cm³/mol. The molecule has 1 N–H and O–H groups in total. The van der Waals surface area contributed by atoms with Gasteiger partial charge in [-0.2, -0.15) is 0 Å². The Balaban J connectivity index is 1.97. The Morgan fingerprint density at radius 1 is 1.04 bits per heavy atom. The molecule has 0 radical (unpaired) electrons. The van der Waals surface area contributed by atoms with Crippen LogP contribution in [-0.2, 0) is 22.9 Å². The highest BCUT2D eigenvalue weighted by atomic mass is 32.2. The maximum absolute atomic E-state index is 13.3. The van der Waals surface area contributed by atoms with Crippen molar-refractivity contribution in [3.8, 4) is 5.75 Å². The fourth-order valence-corrected chi connectivity index (χ4v) is 5.21. The average molecular weight is 388 g/mol. The van der Waals surface area contributed by atoms with Crippen LogP contribution in [0.2, 0.25) is 0 Å². The first-order valence-electron chi connectivity index (χ1n) is 9.67. The summed E-state index contributed by atoms with van der Waals surface area (Å²) in [6, 6.07) is 13.2. The van der Waals surface area contributed by atoms with Crippen molar-refractivity contribution in [2.75, 3.05) is 7.11 Å². The minimum Gasteiger partial charge on any atom is -0.495 e. The van der Waals surface area contributed by atoms with E-state index in [0.29, 0.717) is 11.7 Å². The molecule has 0 aromatic heterocycles. The molecule has 146 valence electrons. The normalized spacial score (nSPS) is 15.4. The molecule has 0 saturated heterocycles. The lowest BCUT2D eigenvalue weighted by Gasteiger charge is -2.23. The van der Waals surface area contributed by atoms with Crippen LogP contribution in [0.1, 0.15) is 55.8 Å². The SMILES string of the molecule is COc1cc2c(cc1S(=O)(=O)NC(CC(C)C)c1ccccc1)CCCC2. The predicted octanol–water partition coefficient (Wildman–Crippen LogP) is 4.64. The molecule has 27 heavy (non-hydrogen) atoms. The summed E-state index contributed by atoms with van der Waals surface area (Å²) < 4.78 is 34.9. The van der Waals surface area contributed by atoms with Gasteiger partial charge < -0.3 is 4.74 Å². The highest BCUT2D eigenvalue weighted by molar-refractivity contribution is 7.89. The first-order valence-corrected chi connectivity index (χ1v) is 11.2. The van der Waals surface area contributed by atoms with Gasteiger partial charge in [0.15, 0.2) is 0 Å². The summed E-state index contributed by atoms with van der Waals surface area (Å²) >= 11 is 0. The summed E-state index contributed by atoms with van der Waals surface area (Å²) in [7, 11) is -2.17. The topological polar surface area (TPSA) is 55.4 Å². The Morgan fingerprint density at radius 2 is 1.67 bits per heavy atom. The van der Waals surface area contributed by atoms with Crippen molar-refractivity contribution in [3.05, 3.63) is 59.2 Å². The molecule has 1 aliphatic rings. The molecule has 0 bridgehead atoms. The average Bonchev–Trinajstić information content (AvgIpc) is 2.66. The fourth-order valence-electron chi connectivity index (χ4n) is 3.77. The Kier molecular flexibility index (Phi) is 6.22. The van der Waals surface area contributed by atoms with Crippen LogP contribution in [0, 0.1) is 5.92 Å². The molecule has 1 atom stereocenters. The second kappa shape index (κ2) is 8.44. The van der Waals surface area contributed by atoms with E-state index in [2.05, 4.69) is 18.6 Å². The molecule has 0 heterocycles. The van der Waals surface area contributed by atoms with Crippen LogP contribution in [0.4, 0.5) is 0 Å². The van der Waals surface area contributed by atoms with E-state index < -0.39 is 10.0 Å². The van der Waals surface area contributed by atoms with E-state index in [1.165, 1.54) is 12.7 Å². The number of rotatable bonds is 7. The van der Waals surface area contributed by atoms with Crippen LogP contribution in [0.25, 0.3) is 0 Å². The van der Waals surface area contributed by atoms with Crippen LogP contribution in [0.15, 0.2) is 47.4 Å². The van der Waals surface area contributed by atoms with Crippen LogP contribution < -0.4 is 9.46 Å². The minimum absolute atomic E-state index is 0.246. The largest absolute Gasteiger partial charge is 0.495 e. The summed E-state index contributed by atoms with van der Waals surface area (Å²) in [5, 5.41) is 0. The van der Waals surface area contributed by atoms with Crippen molar-refractivity contribution < 1.29 is 13.2 Å². The minimum atomic E-state index is -3.70. The van der Waals surface area contributed by atoms with Crippen LogP contribution in [0.3, 0.4) is 0 Å². The van der Waals surface area contributed by atoms with Gasteiger partial charge in [0.25, 0.3) is 0 Å². The van der Waals surface area contributed by atoms with Gasteiger partial charge in [-0.1, -0.05) is 44.2 Å². The molecule has 4 nitrogen and oxygen atoms in total. The van der Waals surface area contributed by atoms with Crippen molar-refractivity contribution in [1.82, 2.24) is 4.72 Å². The second-order valence-corrected chi connectivity index (χ2v) is 9.38. The molecular formula is C22H29NO3S. The third-order valence-electron chi connectivity index (χ3n) is 5.12. The van der Waals surface area contributed by atoms with Gasteiger partial charge in [0.05, 0.1) is 7.11 Å². The molecule has 0 fully saturated rings. The first kappa shape index (κ1) is 19.9. The van der Waals surface area contributed by atoms with Gasteiger partial charge in [-0.15, -0.1) is 0 Å². The lowest BCUT2D eigenvalue weighted by Crippen LogP contribution is -2.30. The van der Waals surface area contributed by atoms with Gasteiger partial charge in [0.2, 0.25) is 10.0 Å². The van der Waals surface area contributed by atoms with Crippen molar-refractivity contribution in [1.29, 1.82) is 0 Å². The van der Waals surface area contributed by atoms with Gasteiger partial charge in [-0.25, -0.2) is 13.1 Å². The third-order valence-corrected chi connectivity index (χ3v) is 6.62. The van der Waals surface area contributed by atoms with Gasteiger partial charge in [-0.3, -0.25) is 0 Å². The molecule has 0 aliphatic heterocycles. The Morgan fingerprint density at radius 3 is 2.26 bits per heavy atom. The highest BCUT2D eigenvalue weighted by Crippen LogP contribution is 2.33. The zero-order chi connectivity index (χ0) is 19.4. The van der Waals surface area contributed by atoms with Crippen molar-refractivity contribution in [3.63, 3.8) is 0 Å². The molecule has 0 amide bonds. The summed E-state index contributed by atoms with van der Waals surface area (Å²) in [5.41, 5.74) is 3.31. The molecule has 2 aromatic rings. The third kappa shape index (κ3) is 4.71. The van der Waals surface area contributed by atoms with E-state index in [1.807, 2.05) is 42.5 Å². The van der Waals surface area contributed by atoms with E-state index in [1.54, 1.807) is 0 Å². The molecule has 2 aromatic carbocycles. The van der Waals surface area contributed by atoms with E-state index in [-0.39, 0.29) is 10.9 Å². The van der Waals surface area contributed by atoms with E-state index >= 15 is 0 Å². The number of methoxy groups -OCH3 is 1. The van der Waals surface area contributed by atoms with Gasteiger partial charge >= 0.3 is 0 Å². The van der Waals surface area contributed by atoms with E-state index in [9.17, 15) is 8.42 Å². The van der Waals surface area contributed by atoms with Crippen LogP contribution in [-0.4, -0.2) is 15.5 Å². The maximum Gasteiger partial charge on any atom is 0.244 e. The number of ether oxygens (including phenoxy) is 1. The quantitative estimate of drug-likeness (QED) is 0.753. The monoisotopic (exact) mass is 387 g/mol.